The zero-order valence-electron chi connectivity index (χ0n) is 14.1. The second kappa shape index (κ2) is 7.02. The number of rotatable bonds is 4. The molecule has 0 unspecified atom stereocenters. The molecule has 0 radical (unpaired) electrons. The molecule has 3 N–H and O–H groups in total. The predicted molar refractivity (Wildman–Crippen MR) is 90.7 cm³/mol. The number of nitrogens with one attached hydrogen (secondary N) is 2. The van der Waals surface area contributed by atoms with E-state index in [-0.39, 0.29) is 23.4 Å². The molecule has 5 nitrogen and oxygen atoms in total. The lowest BCUT2D eigenvalue weighted by molar-refractivity contribution is -0.142. The number of hydrogen-bond acceptors (Lipinski definition) is 3. The lowest BCUT2D eigenvalue weighted by Crippen LogP contribution is -2.40. The summed E-state index contributed by atoms with van der Waals surface area (Å²) in [6, 6.07) is 7.73. The van der Waals surface area contributed by atoms with E-state index < -0.39 is 5.97 Å². The molecule has 1 amide bonds. The van der Waals surface area contributed by atoms with Crippen LogP contribution in [0.15, 0.2) is 24.3 Å². The molecule has 0 aliphatic heterocycles. The number of carbonyl (C=O) groups is 2. The minimum Gasteiger partial charge on any atom is -0.481 e. The van der Waals surface area contributed by atoms with E-state index in [2.05, 4.69) is 10.6 Å². The molecule has 0 heterocycles. The Morgan fingerprint density at radius 1 is 1.13 bits per heavy atom. The number of hydrogen-bond donors (Lipinski definition) is 3. The summed E-state index contributed by atoms with van der Waals surface area (Å²) in [6.45, 7) is 5.86. The zero-order chi connectivity index (χ0) is 17.0. The number of carbonyl (C=O) groups excluding carboxylic acids is 1. The molecule has 0 aromatic heterocycles. The Kier molecular flexibility index (Phi) is 5.29. The fourth-order valence-electron chi connectivity index (χ4n) is 2.88. The van der Waals surface area contributed by atoms with Crippen molar-refractivity contribution in [3.63, 3.8) is 0 Å². The van der Waals surface area contributed by atoms with Gasteiger partial charge in [0, 0.05) is 22.8 Å². The molecule has 1 fully saturated rings. The number of aliphatic carboxylic acids is 1. The Morgan fingerprint density at radius 3 is 2.35 bits per heavy atom. The molecule has 23 heavy (non-hydrogen) atoms. The van der Waals surface area contributed by atoms with E-state index in [1.54, 1.807) is 6.07 Å². The highest BCUT2D eigenvalue weighted by atomic mass is 16.4. The van der Waals surface area contributed by atoms with Gasteiger partial charge in [0.15, 0.2) is 0 Å². The fraction of sp³-hybridized carbons (Fsp3) is 0.556. The van der Waals surface area contributed by atoms with Crippen molar-refractivity contribution < 1.29 is 14.7 Å². The number of anilines is 1. The summed E-state index contributed by atoms with van der Waals surface area (Å²) >= 11 is 0. The number of benzene rings is 1. The van der Waals surface area contributed by atoms with Crippen LogP contribution in [0.4, 0.5) is 5.69 Å². The smallest absolute Gasteiger partial charge is 0.306 e. The molecule has 1 aromatic carbocycles. The van der Waals surface area contributed by atoms with Gasteiger partial charge in [-0.1, -0.05) is 6.07 Å². The summed E-state index contributed by atoms with van der Waals surface area (Å²) in [6.07, 6.45) is 3.10. The molecule has 1 aromatic rings. The van der Waals surface area contributed by atoms with Crippen LogP contribution in [0, 0.1) is 5.92 Å². The standard InChI is InChI=1S/C18H26N2O3/c1-18(2,3)20-16(21)13-5-4-6-15(11-13)19-14-9-7-12(8-10-14)17(22)23/h4-6,11-12,14,19H,7-10H2,1-3H3,(H,20,21)(H,22,23). The van der Waals surface area contributed by atoms with Crippen LogP contribution >= 0.6 is 0 Å². The minimum atomic E-state index is -0.690. The third-order valence-corrected chi connectivity index (χ3v) is 4.06. The van der Waals surface area contributed by atoms with E-state index in [4.69, 9.17) is 5.11 Å². The van der Waals surface area contributed by atoms with Gasteiger partial charge in [-0.2, -0.15) is 0 Å². The van der Waals surface area contributed by atoms with Crippen molar-refractivity contribution in [2.75, 3.05) is 5.32 Å². The highest BCUT2D eigenvalue weighted by Crippen LogP contribution is 2.27. The Balaban J connectivity index is 1.96. The summed E-state index contributed by atoms with van der Waals surface area (Å²) in [7, 11) is 0. The van der Waals surface area contributed by atoms with Gasteiger partial charge in [-0.05, 0) is 64.7 Å². The van der Waals surface area contributed by atoms with E-state index in [0.29, 0.717) is 18.4 Å². The summed E-state index contributed by atoms with van der Waals surface area (Å²) in [4.78, 5) is 23.2. The zero-order valence-corrected chi connectivity index (χ0v) is 14.1. The van der Waals surface area contributed by atoms with Gasteiger partial charge in [0.25, 0.3) is 5.91 Å². The van der Waals surface area contributed by atoms with Gasteiger partial charge in [0.1, 0.15) is 0 Å². The average Bonchev–Trinajstić information content (AvgIpc) is 2.46. The Hall–Kier alpha value is -2.04. The topological polar surface area (TPSA) is 78.4 Å². The molecular formula is C18H26N2O3. The molecule has 0 bridgehead atoms. The molecule has 1 aliphatic carbocycles. The first-order valence-electron chi connectivity index (χ1n) is 8.16. The first-order valence-corrected chi connectivity index (χ1v) is 8.16. The van der Waals surface area contributed by atoms with E-state index in [1.807, 2.05) is 39.0 Å². The van der Waals surface area contributed by atoms with Crippen molar-refractivity contribution in [1.82, 2.24) is 5.32 Å². The van der Waals surface area contributed by atoms with Crippen LogP contribution < -0.4 is 10.6 Å². The second-order valence-corrected chi connectivity index (χ2v) is 7.32. The van der Waals surface area contributed by atoms with Gasteiger partial charge in [-0.15, -0.1) is 0 Å². The van der Waals surface area contributed by atoms with Gasteiger partial charge < -0.3 is 15.7 Å². The number of carboxylic acids is 1. The summed E-state index contributed by atoms with van der Waals surface area (Å²) < 4.78 is 0. The molecule has 5 heteroatoms. The predicted octanol–water partition coefficient (Wildman–Crippen LogP) is 3.27. The van der Waals surface area contributed by atoms with E-state index in [9.17, 15) is 9.59 Å². The second-order valence-electron chi connectivity index (χ2n) is 7.32. The Bertz CT molecular complexity index is 570. The monoisotopic (exact) mass is 318 g/mol. The van der Waals surface area contributed by atoms with Crippen molar-refractivity contribution in [3.05, 3.63) is 29.8 Å². The van der Waals surface area contributed by atoms with Gasteiger partial charge in [-0.3, -0.25) is 9.59 Å². The van der Waals surface area contributed by atoms with E-state index in [1.165, 1.54) is 0 Å². The number of carboxylic acid groups (broad SMARTS) is 1. The van der Waals surface area contributed by atoms with Gasteiger partial charge in [0.05, 0.1) is 5.92 Å². The fourth-order valence-corrected chi connectivity index (χ4v) is 2.88. The van der Waals surface area contributed by atoms with Gasteiger partial charge >= 0.3 is 5.97 Å². The maximum Gasteiger partial charge on any atom is 0.306 e. The summed E-state index contributed by atoms with van der Waals surface area (Å²) in [5.74, 6) is -0.989. The summed E-state index contributed by atoms with van der Waals surface area (Å²) in [5.41, 5.74) is 1.27. The van der Waals surface area contributed by atoms with Crippen molar-refractivity contribution >= 4 is 17.6 Å². The van der Waals surface area contributed by atoms with E-state index >= 15 is 0 Å². The van der Waals surface area contributed by atoms with Crippen LogP contribution in [0.25, 0.3) is 0 Å². The SMILES string of the molecule is CC(C)(C)NC(=O)c1cccc(NC2CCC(C(=O)O)CC2)c1. The van der Waals surface area contributed by atoms with Crippen LogP contribution in [0.3, 0.4) is 0 Å². The lowest BCUT2D eigenvalue weighted by Gasteiger charge is -2.27. The third kappa shape index (κ3) is 5.27. The Labute approximate surface area is 137 Å². The Morgan fingerprint density at radius 2 is 1.78 bits per heavy atom. The minimum absolute atomic E-state index is 0.0873. The quantitative estimate of drug-likeness (QED) is 0.796. The molecule has 2 rings (SSSR count). The first kappa shape index (κ1) is 17.3. The van der Waals surface area contributed by atoms with E-state index in [0.717, 1.165) is 18.5 Å². The highest BCUT2D eigenvalue weighted by molar-refractivity contribution is 5.95. The van der Waals surface area contributed by atoms with Crippen LogP contribution in [0.1, 0.15) is 56.8 Å². The van der Waals surface area contributed by atoms with Crippen LogP contribution in [0.2, 0.25) is 0 Å². The normalized spacial score (nSPS) is 21.5. The average molecular weight is 318 g/mol. The van der Waals surface area contributed by atoms with Gasteiger partial charge in [-0.25, -0.2) is 0 Å². The summed E-state index contributed by atoms with van der Waals surface area (Å²) in [5, 5.41) is 15.4. The molecule has 126 valence electrons. The van der Waals surface area contributed by atoms with Crippen LogP contribution in [0.5, 0.6) is 0 Å². The maximum atomic E-state index is 12.2. The highest BCUT2D eigenvalue weighted by Gasteiger charge is 2.25. The third-order valence-electron chi connectivity index (χ3n) is 4.06. The van der Waals surface area contributed by atoms with Crippen molar-refractivity contribution in [3.8, 4) is 0 Å². The maximum absolute atomic E-state index is 12.2. The van der Waals surface area contributed by atoms with Crippen molar-refractivity contribution in [2.24, 2.45) is 5.92 Å². The lowest BCUT2D eigenvalue weighted by atomic mass is 9.86. The molecule has 0 saturated heterocycles. The molecule has 1 saturated carbocycles. The van der Waals surface area contributed by atoms with Crippen LogP contribution in [-0.4, -0.2) is 28.6 Å². The largest absolute Gasteiger partial charge is 0.481 e. The molecular weight excluding hydrogens is 292 g/mol. The van der Waals surface area contributed by atoms with Crippen molar-refractivity contribution in [1.29, 1.82) is 0 Å². The van der Waals surface area contributed by atoms with Crippen LogP contribution in [-0.2, 0) is 4.79 Å². The van der Waals surface area contributed by atoms with Crippen molar-refractivity contribution in [2.45, 2.75) is 58.0 Å². The van der Waals surface area contributed by atoms with Gasteiger partial charge in [0.2, 0.25) is 0 Å². The first-order chi connectivity index (χ1) is 10.7. The molecule has 0 spiro atoms. The molecule has 1 aliphatic rings. The number of amides is 1. The molecule has 0 atom stereocenters.